The maximum absolute atomic E-state index is 12.7. The van der Waals surface area contributed by atoms with Crippen LogP contribution in [0.2, 0.25) is 18.1 Å². The molecule has 0 aliphatic carbocycles. The van der Waals surface area contributed by atoms with Gasteiger partial charge in [-0.3, -0.25) is 4.57 Å². The summed E-state index contributed by atoms with van der Waals surface area (Å²) in [5, 5.41) is 0.832. The summed E-state index contributed by atoms with van der Waals surface area (Å²) in [7, 11) is -4.90. The molecule has 0 saturated carbocycles. The van der Waals surface area contributed by atoms with Crippen molar-refractivity contribution in [2.75, 3.05) is 19.8 Å². The van der Waals surface area contributed by atoms with E-state index in [1.165, 1.54) is 0 Å². The van der Waals surface area contributed by atoms with Crippen molar-refractivity contribution < 1.29 is 18.0 Å². The Labute approximate surface area is 148 Å². The van der Waals surface area contributed by atoms with Crippen molar-refractivity contribution in [1.82, 2.24) is 0 Å². The van der Waals surface area contributed by atoms with Gasteiger partial charge in [-0.1, -0.05) is 32.9 Å². The zero-order valence-corrected chi connectivity index (χ0v) is 18.1. The zero-order chi connectivity index (χ0) is 18.4. The van der Waals surface area contributed by atoms with Crippen LogP contribution in [0.25, 0.3) is 0 Å². The van der Waals surface area contributed by atoms with Crippen molar-refractivity contribution in [2.24, 2.45) is 0 Å². The highest BCUT2D eigenvalue weighted by Crippen LogP contribution is 2.46. The number of rotatable bonds is 9. The smallest absolute Gasteiger partial charge is 0.361 e. The van der Waals surface area contributed by atoms with Crippen LogP contribution in [-0.4, -0.2) is 28.1 Å². The fourth-order valence-electron chi connectivity index (χ4n) is 2.01. The lowest BCUT2D eigenvalue weighted by Gasteiger charge is -2.36. The second kappa shape index (κ2) is 8.77. The van der Waals surface area contributed by atoms with Crippen molar-refractivity contribution in [3.8, 4) is 0 Å². The van der Waals surface area contributed by atoms with Crippen LogP contribution in [0.4, 0.5) is 0 Å². The molecule has 0 fully saturated rings. The summed E-state index contributed by atoms with van der Waals surface area (Å²) in [5.41, 5.74) is 1.16. The molecule has 0 saturated heterocycles. The SMILES string of the molecule is CCOP(=O)(OCC)c1ccc(CCO[Si](C)(C)C(C)(C)C)cc1. The fourth-order valence-corrected chi connectivity index (χ4v) is 4.62. The summed E-state index contributed by atoms with van der Waals surface area (Å²) in [4.78, 5) is 0. The number of benzene rings is 1. The van der Waals surface area contributed by atoms with Crippen molar-refractivity contribution >= 4 is 21.2 Å². The van der Waals surface area contributed by atoms with Gasteiger partial charge in [-0.2, -0.15) is 0 Å². The largest absolute Gasteiger partial charge is 0.416 e. The van der Waals surface area contributed by atoms with Crippen molar-refractivity contribution in [3.63, 3.8) is 0 Å². The van der Waals surface area contributed by atoms with E-state index >= 15 is 0 Å². The molecule has 0 radical (unpaired) electrons. The maximum Gasteiger partial charge on any atom is 0.361 e. The normalized spacial score (nSPS) is 13.3. The average Bonchev–Trinajstić information content (AvgIpc) is 2.47. The van der Waals surface area contributed by atoms with Gasteiger partial charge in [0.05, 0.1) is 18.5 Å². The molecule has 138 valence electrons. The molecule has 1 rings (SSSR count). The molecule has 0 aliphatic heterocycles. The molecule has 0 bridgehead atoms. The first-order chi connectivity index (χ1) is 11.1. The highest BCUT2D eigenvalue weighted by Gasteiger charge is 2.36. The Morgan fingerprint density at radius 2 is 1.50 bits per heavy atom. The minimum Gasteiger partial charge on any atom is -0.416 e. The van der Waals surface area contributed by atoms with Gasteiger partial charge in [0, 0.05) is 6.61 Å². The van der Waals surface area contributed by atoms with E-state index in [2.05, 4.69) is 33.9 Å². The number of hydrogen-bond donors (Lipinski definition) is 0. The van der Waals surface area contributed by atoms with Gasteiger partial charge in [0.1, 0.15) is 0 Å². The Hall–Kier alpha value is -0.453. The Morgan fingerprint density at radius 3 is 1.92 bits per heavy atom. The third-order valence-electron chi connectivity index (χ3n) is 4.51. The molecule has 0 aromatic heterocycles. The van der Waals surface area contributed by atoms with E-state index in [1.54, 1.807) is 0 Å². The van der Waals surface area contributed by atoms with Crippen LogP contribution in [0, 0.1) is 0 Å². The summed E-state index contributed by atoms with van der Waals surface area (Å²) in [6, 6.07) is 7.64. The van der Waals surface area contributed by atoms with E-state index in [4.69, 9.17) is 13.5 Å². The third-order valence-corrected chi connectivity index (χ3v) is 11.2. The second-order valence-electron chi connectivity index (χ2n) is 7.36. The van der Waals surface area contributed by atoms with E-state index < -0.39 is 15.9 Å². The summed E-state index contributed by atoms with van der Waals surface area (Å²) in [6.07, 6.45) is 0.848. The highest BCUT2D eigenvalue weighted by molar-refractivity contribution is 7.62. The van der Waals surface area contributed by atoms with Gasteiger partial charge in [-0.15, -0.1) is 0 Å². The van der Waals surface area contributed by atoms with Crippen molar-refractivity contribution in [3.05, 3.63) is 29.8 Å². The van der Waals surface area contributed by atoms with Crippen LogP contribution in [0.5, 0.6) is 0 Å². The van der Waals surface area contributed by atoms with Gasteiger partial charge in [0.15, 0.2) is 8.32 Å². The van der Waals surface area contributed by atoms with Crippen LogP contribution in [-0.2, 0) is 24.5 Å². The molecule has 6 heteroatoms. The molecular formula is C18H33O4PSi. The third kappa shape index (κ3) is 5.82. The Balaban J connectivity index is 2.70. The summed E-state index contributed by atoms with van der Waals surface area (Å²) in [6.45, 7) is 16.3. The van der Waals surface area contributed by atoms with Gasteiger partial charge < -0.3 is 13.5 Å². The van der Waals surface area contributed by atoms with Gasteiger partial charge in [0.25, 0.3) is 0 Å². The van der Waals surface area contributed by atoms with Gasteiger partial charge >= 0.3 is 7.60 Å². The molecule has 0 atom stereocenters. The van der Waals surface area contributed by atoms with Crippen LogP contribution in [0.3, 0.4) is 0 Å². The van der Waals surface area contributed by atoms with E-state index in [0.29, 0.717) is 25.1 Å². The van der Waals surface area contributed by atoms with Crippen LogP contribution < -0.4 is 5.30 Å². The molecule has 1 aromatic rings. The summed E-state index contributed by atoms with van der Waals surface area (Å²) < 4.78 is 29.7. The topological polar surface area (TPSA) is 44.8 Å². The molecule has 0 unspecified atom stereocenters. The minimum atomic E-state index is -3.19. The van der Waals surface area contributed by atoms with Crippen LogP contribution >= 0.6 is 7.60 Å². The molecule has 0 heterocycles. The van der Waals surface area contributed by atoms with Crippen LogP contribution in [0.15, 0.2) is 24.3 Å². The molecule has 24 heavy (non-hydrogen) atoms. The molecule has 0 spiro atoms. The minimum absolute atomic E-state index is 0.221. The Bertz CT molecular complexity index is 539. The molecular weight excluding hydrogens is 339 g/mol. The van der Waals surface area contributed by atoms with Gasteiger partial charge in [0.2, 0.25) is 0 Å². The van der Waals surface area contributed by atoms with Gasteiger partial charge in [-0.05, 0) is 56.1 Å². The molecule has 0 aliphatic rings. The first-order valence-corrected chi connectivity index (χ1v) is 13.1. The molecule has 0 N–H and O–H groups in total. The highest BCUT2D eigenvalue weighted by atomic mass is 31.2. The molecule has 1 aromatic carbocycles. The van der Waals surface area contributed by atoms with E-state index in [1.807, 2.05) is 38.1 Å². The Kier molecular flexibility index (Phi) is 7.89. The first kappa shape index (κ1) is 21.6. The monoisotopic (exact) mass is 372 g/mol. The van der Waals surface area contributed by atoms with Crippen molar-refractivity contribution in [1.29, 1.82) is 0 Å². The predicted molar refractivity (Wildman–Crippen MR) is 104 cm³/mol. The van der Waals surface area contributed by atoms with E-state index in [9.17, 15) is 4.57 Å². The first-order valence-electron chi connectivity index (χ1n) is 8.68. The fraction of sp³-hybridized carbons (Fsp3) is 0.667. The lowest BCUT2D eigenvalue weighted by atomic mass is 10.2. The quantitative estimate of drug-likeness (QED) is 0.445. The maximum atomic E-state index is 12.7. The van der Waals surface area contributed by atoms with Crippen molar-refractivity contribution in [2.45, 2.75) is 59.2 Å². The lowest BCUT2D eigenvalue weighted by molar-refractivity contribution is 0.230. The van der Waals surface area contributed by atoms with E-state index in [-0.39, 0.29) is 5.04 Å². The van der Waals surface area contributed by atoms with Crippen LogP contribution in [0.1, 0.15) is 40.2 Å². The zero-order valence-electron chi connectivity index (χ0n) is 16.2. The Morgan fingerprint density at radius 1 is 1.00 bits per heavy atom. The number of hydrogen-bond acceptors (Lipinski definition) is 4. The predicted octanol–water partition coefficient (Wildman–Crippen LogP) is 5.14. The second-order valence-corrected chi connectivity index (χ2v) is 14.2. The summed E-state index contributed by atoms with van der Waals surface area (Å²) >= 11 is 0. The van der Waals surface area contributed by atoms with E-state index in [0.717, 1.165) is 12.0 Å². The van der Waals surface area contributed by atoms with Gasteiger partial charge in [-0.25, -0.2) is 0 Å². The molecule has 0 amide bonds. The lowest BCUT2D eigenvalue weighted by Crippen LogP contribution is -2.41. The standard InChI is InChI=1S/C18H33O4PSi/c1-8-20-23(19,21-9-2)17-12-10-16(11-13-17)14-15-22-24(6,7)18(3,4)5/h10-13H,8-9,14-15H2,1-7H3. The molecule has 4 nitrogen and oxygen atoms in total. The summed E-state index contributed by atoms with van der Waals surface area (Å²) in [5.74, 6) is 0. The average molecular weight is 373 g/mol.